The molecular weight excluding hydrogens is 442 g/mol. The Bertz CT molecular complexity index is 1160. The molecule has 1 heterocycles. The van der Waals surface area contributed by atoms with E-state index in [1.165, 1.54) is 4.90 Å². The second kappa shape index (κ2) is 10.6. The molecule has 0 radical (unpaired) electrons. The van der Waals surface area contributed by atoms with E-state index < -0.39 is 11.8 Å². The molecule has 3 rings (SSSR count). The maximum absolute atomic E-state index is 13.4. The van der Waals surface area contributed by atoms with E-state index in [0.717, 1.165) is 28.4 Å². The second-order valence-corrected chi connectivity index (χ2v) is 7.91. The third-order valence-electron chi connectivity index (χ3n) is 5.01. The number of hydrogen-bond acceptors (Lipinski definition) is 7. The zero-order valence-corrected chi connectivity index (χ0v) is 19.1. The van der Waals surface area contributed by atoms with Crippen molar-refractivity contribution >= 4 is 40.6 Å². The van der Waals surface area contributed by atoms with Crippen LogP contribution in [-0.2, 0) is 17.8 Å². The first kappa shape index (κ1) is 23.7. The first-order valence-electron chi connectivity index (χ1n) is 10.2. The average Bonchev–Trinajstić information content (AvgIpc) is 3.22. The fraction of sp³-hybridized carbons (Fsp3) is 0.217. The highest BCUT2D eigenvalue weighted by Gasteiger charge is 2.28. The standard InChI is InChI=1S/C23H25N5O4S/c1-3-15-6-4-5-7-17(15)28(23(31)21-19(24)20(22(25)30)27-33-21)13-18(29)26-12-14-8-10-16(32-2)11-9-14/h4-11H,3,12-13,24H2,1-2H3,(H2,25,30)(H,26,29). The first-order chi connectivity index (χ1) is 15.8. The van der Waals surface area contributed by atoms with Gasteiger partial charge < -0.3 is 21.5 Å². The Morgan fingerprint density at radius 3 is 2.42 bits per heavy atom. The molecule has 0 bridgehead atoms. The van der Waals surface area contributed by atoms with Gasteiger partial charge >= 0.3 is 0 Å². The summed E-state index contributed by atoms with van der Waals surface area (Å²) in [5.41, 5.74) is 13.4. The van der Waals surface area contributed by atoms with Gasteiger partial charge in [0.2, 0.25) is 5.91 Å². The number of aromatic nitrogens is 1. The van der Waals surface area contributed by atoms with E-state index in [9.17, 15) is 14.4 Å². The summed E-state index contributed by atoms with van der Waals surface area (Å²) < 4.78 is 9.05. The van der Waals surface area contributed by atoms with Crippen LogP contribution in [0.2, 0.25) is 0 Å². The van der Waals surface area contributed by atoms with Crippen molar-refractivity contribution in [3.63, 3.8) is 0 Å². The number of hydrogen-bond donors (Lipinski definition) is 3. The van der Waals surface area contributed by atoms with Gasteiger partial charge in [0.1, 0.15) is 17.2 Å². The summed E-state index contributed by atoms with van der Waals surface area (Å²) in [4.78, 5) is 39.2. The number of nitrogens with one attached hydrogen (secondary N) is 1. The fourth-order valence-electron chi connectivity index (χ4n) is 3.23. The zero-order chi connectivity index (χ0) is 24.0. The molecule has 172 valence electrons. The number of carbonyl (C=O) groups excluding carboxylic acids is 3. The number of nitrogens with zero attached hydrogens (tertiary/aromatic N) is 2. The number of methoxy groups -OCH3 is 1. The van der Waals surface area contributed by atoms with Gasteiger partial charge in [0.05, 0.1) is 12.8 Å². The third-order valence-corrected chi connectivity index (χ3v) is 5.87. The Kier molecular flexibility index (Phi) is 7.62. The largest absolute Gasteiger partial charge is 0.497 e. The minimum atomic E-state index is -0.819. The van der Waals surface area contributed by atoms with Crippen molar-refractivity contribution in [1.29, 1.82) is 0 Å². The van der Waals surface area contributed by atoms with Crippen molar-refractivity contribution in [2.45, 2.75) is 19.9 Å². The van der Waals surface area contributed by atoms with Crippen LogP contribution < -0.4 is 26.4 Å². The van der Waals surface area contributed by atoms with Gasteiger partial charge in [-0.1, -0.05) is 37.3 Å². The molecule has 2 aromatic carbocycles. The highest BCUT2D eigenvalue weighted by Crippen LogP contribution is 2.28. The van der Waals surface area contributed by atoms with Crippen LogP contribution in [0.3, 0.4) is 0 Å². The molecule has 3 aromatic rings. The fourth-order valence-corrected chi connectivity index (χ4v) is 3.99. The SMILES string of the molecule is CCc1ccccc1N(CC(=O)NCc1ccc(OC)cc1)C(=O)c1snc(C(N)=O)c1N. The first-order valence-corrected chi connectivity index (χ1v) is 11.0. The molecule has 0 saturated heterocycles. The van der Waals surface area contributed by atoms with Crippen LogP contribution in [0.1, 0.15) is 38.2 Å². The molecule has 0 unspecified atom stereocenters. The van der Waals surface area contributed by atoms with Gasteiger partial charge in [0, 0.05) is 12.2 Å². The molecule has 0 saturated carbocycles. The number of anilines is 2. The van der Waals surface area contributed by atoms with E-state index in [-0.39, 0.29) is 35.3 Å². The Labute approximate surface area is 195 Å². The molecular formula is C23H25N5O4S. The molecule has 10 heteroatoms. The Balaban J connectivity index is 1.85. The molecule has 9 nitrogen and oxygen atoms in total. The zero-order valence-electron chi connectivity index (χ0n) is 18.3. The molecule has 0 atom stereocenters. The number of nitrogen functional groups attached to an aromatic ring is 1. The van der Waals surface area contributed by atoms with Gasteiger partial charge in [-0.15, -0.1) is 0 Å². The predicted octanol–water partition coefficient (Wildman–Crippen LogP) is 2.36. The van der Waals surface area contributed by atoms with Crippen molar-refractivity contribution in [1.82, 2.24) is 9.69 Å². The van der Waals surface area contributed by atoms with Crippen LogP contribution in [-0.4, -0.2) is 35.7 Å². The van der Waals surface area contributed by atoms with Gasteiger partial charge in [-0.3, -0.25) is 19.3 Å². The van der Waals surface area contributed by atoms with Crippen LogP contribution in [0.4, 0.5) is 11.4 Å². The van der Waals surface area contributed by atoms with Crippen LogP contribution in [0.5, 0.6) is 5.75 Å². The van der Waals surface area contributed by atoms with Gasteiger partial charge in [-0.05, 0) is 47.3 Å². The Hall–Kier alpha value is -3.92. The Morgan fingerprint density at radius 2 is 1.82 bits per heavy atom. The van der Waals surface area contributed by atoms with Crippen molar-refractivity contribution < 1.29 is 19.1 Å². The van der Waals surface area contributed by atoms with Gasteiger partial charge in [0.15, 0.2) is 5.69 Å². The van der Waals surface area contributed by atoms with Crippen LogP contribution in [0.15, 0.2) is 48.5 Å². The van der Waals surface area contributed by atoms with Gasteiger partial charge in [-0.25, -0.2) is 0 Å². The minimum Gasteiger partial charge on any atom is -0.497 e. The average molecular weight is 468 g/mol. The maximum atomic E-state index is 13.4. The molecule has 3 amide bonds. The van der Waals surface area contributed by atoms with Crippen molar-refractivity contribution in [3.8, 4) is 5.75 Å². The van der Waals surface area contributed by atoms with Crippen LogP contribution >= 0.6 is 11.5 Å². The number of para-hydroxylation sites is 1. The highest BCUT2D eigenvalue weighted by molar-refractivity contribution is 7.09. The number of nitrogens with two attached hydrogens (primary N) is 2. The monoisotopic (exact) mass is 467 g/mol. The van der Waals surface area contributed by atoms with Gasteiger partial charge in [0.25, 0.3) is 11.8 Å². The summed E-state index contributed by atoms with van der Waals surface area (Å²) in [5, 5.41) is 2.83. The quantitative estimate of drug-likeness (QED) is 0.441. The minimum absolute atomic E-state index is 0.0534. The lowest BCUT2D eigenvalue weighted by molar-refractivity contribution is -0.119. The van der Waals surface area contributed by atoms with E-state index in [1.54, 1.807) is 31.4 Å². The molecule has 0 fully saturated rings. The maximum Gasteiger partial charge on any atom is 0.272 e. The molecule has 5 N–H and O–H groups in total. The van der Waals surface area contributed by atoms with E-state index in [1.807, 2.05) is 31.2 Å². The molecule has 0 aliphatic heterocycles. The third kappa shape index (κ3) is 5.47. The van der Waals surface area contributed by atoms with Crippen molar-refractivity contribution in [3.05, 3.63) is 70.2 Å². The van der Waals surface area contributed by atoms with Crippen molar-refractivity contribution in [2.75, 3.05) is 24.3 Å². The van der Waals surface area contributed by atoms with Crippen LogP contribution in [0.25, 0.3) is 0 Å². The lowest BCUT2D eigenvalue weighted by atomic mass is 10.1. The lowest BCUT2D eigenvalue weighted by Gasteiger charge is -2.24. The smallest absolute Gasteiger partial charge is 0.272 e. The highest BCUT2D eigenvalue weighted by atomic mass is 32.1. The topological polar surface area (TPSA) is 141 Å². The summed E-state index contributed by atoms with van der Waals surface area (Å²) in [7, 11) is 1.58. The van der Waals surface area contributed by atoms with E-state index in [4.69, 9.17) is 16.2 Å². The number of aryl methyl sites for hydroxylation is 1. The summed E-state index contributed by atoms with van der Waals surface area (Å²) in [5.74, 6) is -0.989. The lowest BCUT2D eigenvalue weighted by Crippen LogP contribution is -2.41. The van der Waals surface area contributed by atoms with E-state index in [2.05, 4.69) is 9.69 Å². The summed E-state index contributed by atoms with van der Waals surface area (Å²) >= 11 is 0.779. The molecule has 0 aliphatic carbocycles. The number of benzene rings is 2. The number of amides is 3. The normalized spacial score (nSPS) is 10.5. The summed E-state index contributed by atoms with van der Waals surface area (Å²) in [6.07, 6.45) is 0.651. The molecule has 0 spiro atoms. The van der Waals surface area contributed by atoms with Crippen molar-refractivity contribution in [2.24, 2.45) is 5.73 Å². The summed E-state index contributed by atoms with van der Waals surface area (Å²) in [6, 6.07) is 14.6. The van der Waals surface area contributed by atoms with Gasteiger partial charge in [-0.2, -0.15) is 4.37 Å². The van der Waals surface area contributed by atoms with E-state index in [0.29, 0.717) is 12.1 Å². The number of rotatable bonds is 9. The molecule has 33 heavy (non-hydrogen) atoms. The Morgan fingerprint density at radius 1 is 1.12 bits per heavy atom. The van der Waals surface area contributed by atoms with Crippen LogP contribution in [0, 0.1) is 0 Å². The molecule has 0 aliphatic rings. The molecule has 1 aromatic heterocycles. The predicted molar refractivity (Wildman–Crippen MR) is 127 cm³/mol. The number of ether oxygens (including phenoxy) is 1. The van der Waals surface area contributed by atoms with E-state index >= 15 is 0 Å². The summed E-state index contributed by atoms with van der Waals surface area (Å²) in [6.45, 7) is 2.00. The number of primary amides is 1. The second-order valence-electron chi connectivity index (χ2n) is 7.14. The number of carbonyl (C=O) groups is 3.